The number of halogens is 1. The minimum absolute atomic E-state index is 0.0625. The third kappa shape index (κ3) is 4.69. The van der Waals surface area contributed by atoms with E-state index < -0.39 is 6.09 Å². The quantitative estimate of drug-likeness (QED) is 0.775. The maximum absolute atomic E-state index is 11.2. The van der Waals surface area contributed by atoms with Crippen LogP contribution in [0.25, 0.3) is 0 Å². The summed E-state index contributed by atoms with van der Waals surface area (Å²) in [6, 6.07) is 6.70. The maximum atomic E-state index is 11.2. The molecular formula is C11H10ClNO3. The number of ether oxygens (including phenoxy) is 1. The number of anilines is 1. The first kappa shape index (κ1) is 12.4. The fraction of sp³-hybridized carbons (Fsp3) is 0.182. The van der Waals surface area contributed by atoms with Crippen LogP contribution in [0.3, 0.4) is 0 Å². The lowest BCUT2D eigenvalue weighted by Crippen LogP contribution is -2.13. The summed E-state index contributed by atoms with van der Waals surface area (Å²) in [5, 5.41) is 11.4. The van der Waals surface area contributed by atoms with E-state index >= 15 is 0 Å². The molecule has 0 aliphatic carbocycles. The van der Waals surface area contributed by atoms with Crippen LogP contribution in [0.2, 0.25) is 5.02 Å². The van der Waals surface area contributed by atoms with Gasteiger partial charge in [0.05, 0.1) is 0 Å². The van der Waals surface area contributed by atoms with E-state index in [1.165, 1.54) is 0 Å². The van der Waals surface area contributed by atoms with Gasteiger partial charge in [0, 0.05) is 10.7 Å². The van der Waals surface area contributed by atoms with Crippen LogP contribution in [0.5, 0.6) is 0 Å². The second-order valence-corrected chi connectivity index (χ2v) is 3.16. The minimum atomic E-state index is -0.616. The molecule has 0 spiro atoms. The third-order valence-corrected chi connectivity index (χ3v) is 1.79. The molecule has 2 N–H and O–H groups in total. The van der Waals surface area contributed by atoms with Crippen molar-refractivity contribution in [3.63, 3.8) is 0 Å². The molecule has 0 saturated carbocycles. The van der Waals surface area contributed by atoms with Gasteiger partial charge in [-0.3, -0.25) is 5.32 Å². The van der Waals surface area contributed by atoms with Crippen molar-refractivity contribution in [3.8, 4) is 11.8 Å². The van der Waals surface area contributed by atoms with Gasteiger partial charge in [0.15, 0.2) is 6.61 Å². The van der Waals surface area contributed by atoms with Crippen LogP contribution in [0.15, 0.2) is 24.3 Å². The second-order valence-electron chi connectivity index (χ2n) is 2.72. The lowest BCUT2D eigenvalue weighted by Gasteiger charge is -2.04. The summed E-state index contributed by atoms with van der Waals surface area (Å²) >= 11 is 5.73. The van der Waals surface area contributed by atoms with Crippen LogP contribution in [0.1, 0.15) is 0 Å². The van der Waals surface area contributed by atoms with E-state index in [0.29, 0.717) is 10.7 Å². The minimum Gasteiger partial charge on any atom is -0.436 e. The fourth-order valence-corrected chi connectivity index (χ4v) is 1.12. The van der Waals surface area contributed by atoms with Gasteiger partial charge in [-0.2, -0.15) is 0 Å². The average Bonchev–Trinajstić information content (AvgIpc) is 2.24. The molecule has 0 aromatic heterocycles. The van der Waals surface area contributed by atoms with Gasteiger partial charge in [-0.15, -0.1) is 0 Å². The van der Waals surface area contributed by atoms with E-state index in [-0.39, 0.29) is 13.2 Å². The predicted molar refractivity (Wildman–Crippen MR) is 61.3 cm³/mol. The summed E-state index contributed by atoms with van der Waals surface area (Å²) in [5.74, 6) is 4.81. The first-order chi connectivity index (χ1) is 7.72. The Morgan fingerprint density at radius 2 is 2.31 bits per heavy atom. The molecule has 4 nitrogen and oxygen atoms in total. The molecule has 0 unspecified atom stereocenters. The van der Waals surface area contributed by atoms with Gasteiger partial charge in [-0.25, -0.2) is 4.79 Å². The Hall–Kier alpha value is -1.70. The number of aliphatic hydroxyl groups is 1. The summed E-state index contributed by atoms with van der Waals surface area (Å²) < 4.78 is 4.71. The highest BCUT2D eigenvalue weighted by atomic mass is 35.5. The monoisotopic (exact) mass is 239 g/mol. The number of rotatable bonds is 2. The number of amides is 1. The Bertz CT molecular complexity index is 423. The van der Waals surface area contributed by atoms with Crippen molar-refractivity contribution in [1.29, 1.82) is 0 Å². The van der Waals surface area contributed by atoms with Crippen LogP contribution in [-0.4, -0.2) is 24.4 Å². The number of nitrogens with one attached hydrogen (secondary N) is 1. The number of benzene rings is 1. The molecule has 0 radical (unpaired) electrons. The Balaban J connectivity index is 2.40. The summed E-state index contributed by atoms with van der Waals surface area (Å²) in [6.07, 6.45) is -0.616. The van der Waals surface area contributed by atoms with Crippen molar-refractivity contribution in [1.82, 2.24) is 0 Å². The Kier molecular flexibility index (Phi) is 5.20. The highest BCUT2D eigenvalue weighted by Crippen LogP contribution is 2.14. The normalized spacial score (nSPS) is 8.88. The lowest BCUT2D eigenvalue weighted by molar-refractivity contribution is 0.176. The van der Waals surface area contributed by atoms with E-state index in [4.69, 9.17) is 21.4 Å². The molecule has 1 aromatic carbocycles. The van der Waals surface area contributed by atoms with Gasteiger partial charge < -0.3 is 9.84 Å². The molecule has 0 saturated heterocycles. The van der Waals surface area contributed by atoms with Crippen LogP contribution in [0, 0.1) is 11.8 Å². The molecule has 16 heavy (non-hydrogen) atoms. The van der Waals surface area contributed by atoms with Crippen LogP contribution in [-0.2, 0) is 4.74 Å². The molecule has 0 atom stereocenters. The summed E-state index contributed by atoms with van der Waals surface area (Å²) in [5.41, 5.74) is 0.549. The Labute approximate surface area is 98.2 Å². The van der Waals surface area contributed by atoms with Crippen molar-refractivity contribution in [3.05, 3.63) is 29.3 Å². The van der Waals surface area contributed by atoms with E-state index in [0.717, 1.165) is 0 Å². The SMILES string of the molecule is O=C(Nc1cccc(Cl)c1)OCC#CCO. The first-order valence-corrected chi connectivity index (χ1v) is 4.86. The molecule has 0 fully saturated rings. The Morgan fingerprint density at radius 1 is 1.50 bits per heavy atom. The van der Waals surface area contributed by atoms with Crippen LogP contribution < -0.4 is 5.32 Å². The van der Waals surface area contributed by atoms with E-state index in [2.05, 4.69) is 17.2 Å². The number of carbonyl (C=O) groups is 1. The van der Waals surface area contributed by atoms with E-state index in [9.17, 15) is 4.79 Å². The topological polar surface area (TPSA) is 58.6 Å². The molecule has 0 aliphatic rings. The van der Waals surface area contributed by atoms with Gasteiger partial charge >= 0.3 is 6.09 Å². The zero-order valence-corrected chi connectivity index (χ0v) is 9.12. The van der Waals surface area contributed by atoms with E-state index in [1.54, 1.807) is 24.3 Å². The third-order valence-electron chi connectivity index (χ3n) is 1.55. The molecule has 84 valence electrons. The smallest absolute Gasteiger partial charge is 0.412 e. The predicted octanol–water partition coefficient (Wildman–Crippen LogP) is 1.88. The average molecular weight is 240 g/mol. The van der Waals surface area contributed by atoms with Gasteiger partial charge in [0.2, 0.25) is 0 Å². The zero-order chi connectivity index (χ0) is 11.8. The van der Waals surface area contributed by atoms with Gasteiger partial charge in [-0.1, -0.05) is 29.5 Å². The molecule has 1 amide bonds. The fourth-order valence-electron chi connectivity index (χ4n) is 0.929. The summed E-state index contributed by atoms with van der Waals surface area (Å²) in [7, 11) is 0. The number of carbonyl (C=O) groups excluding carboxylic acids is 1. The standard InChI is InChI=1S/C11H10ClNO3/c12-9-4-3-5-10(8-9)13-11(15)16-7-2-1-6-14/h3-5,8,14H,6-7H2,(H,13,15). The Morgan fingerprint density at radius 3 is 3.00 bits per heavy atom. The number of hydrogen-bond acceptors (Lipinski definition) is 3. The largest absolute Gasteiger partial charge is 0.436 e. The van der Waals surface area contributed by atoms with Gasteiger partial charge in [0.25, 0.3) is 0 Å². The summed E-state index contributed by atoms with van der Waals surface area (Å²) in [4.78, 5) is 11.2. The summed E-state index contributed by atoms with van der Waals surface area (Å²) in [6.45, 7) is -0.313. The number of hydrogen-bond donors (Lipinski definition) is 2. The van der Waals surface area contributed by atoms with Crippen molar-refractivity contribution in [2.24, 2.45) is 0 Å². The van der Waals surface area contributed by atoms with Gasteiger partial charge in [0.1, 0.15) is 6.61 Å². The van der Waals surface area contributed by atoms with Crippen LogP contribution in [0.4, 0.5) is 10.5 Å². The highest BCUT2D eigenvalue weighted by molar-refractivity contribution is 6.30. The van der Waals surface area contributed by atoms with Crippen molar-refractivity contribution in [2.45, 2.75) is 0 Å². The highest BCUT2D eigenvalue weighted by Gasteiger charge is 2.01. The van der Waals surface area contributed by atoms with Crippen molar-refractivity contribution < 1.29 is 14.6 Å². The molecular weight excluding hydrogens is 230 g/mol. The lowest BCUT2D eigenvalue weighted by atomic mass is 10.3. The molecule has 0 heterocycles. The second kappa shape index (κ2) is 6.72. The van der Waals surface area contributed by atoms with Crippen molar-refractivity contribution >= 4 is 23.4 Å². The van der Waals surface area contributed by atoms with Crippen molar-refractivity contribution in [2.75, 3.05) is 18.5 Å². The first-order valence-electron chi connectivity index (χ1n) is 4.48. The van der Waals surface area contributed by atoms with Gasteiger partial charge in [-0.05, 0) is 18.2 Å². The maximum Gasteiger partial charge on any atom is 0.412 e. The molecule has 1 aromatic rings. The number of aliphatic hydroxyl groups excluding tert-OH is 1. The van der Waals surface area contributed by atoms with Crippen LogP contribution >= 0.6 is 11.6 Å². The molecule has 0 aliphatic heterocycles. The van der Waals surface area contributed by atoms with E-state index in [1.807, 2.05) is 0 Å². The zero-order valence-electron chi connectivity index (χ0n) is 8.37. The molecule has 0 bridgehead atoms. The molecule has 1 rings (SSSR count). The molecule has 5 heteroatoms.